The van der Waals surface area contributed by atoms with E-state index in [1.807, 2.05) is 34.9 Å². The lowest BCUT2D eigenvalue weighted by Crippen LogP contribution is -2.38. The Morgan fingerprint density at radius 1 is 1.08 bits per heavy atom. The number of hydrogen-bond donors (Lipinski definition) is 2. The van der Waals surface area contributed by atoms with Crippen LogP contribution in [0, 0.1) is 14.1 Å². The van der Waals surface area contributed by atoms with E-state index in [0.717, 1.165) is 5.69 Å². The Kier molecular flexibility index (Phi) is 4.02. The first kappa shape index (κ1) is 16.4. The van der Waals surface area contributed by atoms with E-state index in [9.17, 15) is 14.9 Å². The highest BCUT2D eigenvalue weighted by Crippen LogP contribution is 2.34. The van der Waals surface area contributed by atoms with Gasteiger partial charge in [0.15, 0.2) is 3.95 Å². The number of rotatable bonds is 3. The maximum absolute atomic E-state index is 12.5. The maximum Gasteiger partial charge on any atom is 0.269 e. The molecule has 0 unspecified atom stereocenters. The van der Waals surface area contributed by atoms with Crippen molar-refractivity contribution in [2.24, 2.45) is 0 Å². The molecular weight excluding hydrogens is 372 g/mol. The molecule has 2 N–H and O–H groups in total. The van der Waals surface area contributed by atoms with Crippen molar-refractivity contribution in [3.63, 3.8) is 0 Å². The van der Waals surface area contributed by atoms with Crippen molar-refractivity contribution in [2.45, 2.75) is 6.17 Å². The number of para-hydroxylation sites is 1. The Labute approximate surface area is 157 Å². The van der Waals surface area contributed by atoms with Gasteiger partial charge in [0.2, 0.25) is 0 Å². The minimum absolute atomic E-state index is 0.000646. The molecule has 2 aromatic carbocycles. The third kappa shape index (κ3) is 2.76. The Balaban J connectivity index is 1.75. The molecule has 0 radical (unpaired) electrons. The van der Waals surface area contributed by atoms with Crippen LogP contribution in [0.1, 0.15) is 21.4 Å². The van der Waals surface area contributed by atoms with E-state index < -0.39 is 11.1 Å². The zero-order valence-electron chi connectivity index (χ0n) is 13.2. The van der Waals surface area contributed by atoms with Gasteiger partial charge in [-0.1, -0.05) is 29.5 Å². The molecule has 4 rings (SSSR count). The molecule has 26 heavy (non-hydrogen) atoms. The molecule has 7 nitrogen and oxygen atoms in total. The fourth-order valence-corrected chi connectivity index (χ4v) is 4.10. The first-order valence-corrected chi connectivity index (χ1v) is 8.90. The van der Waals surface area contributed by atoms with Gasteiger partial charge < -0.3 is 10.6 Å². The number of aromatic nitrogens is 1. The summed E-state index contributed by atoms with van der Waals surface area (Å²) in [7, 11) is 0. The fraction of sp³-hybridized carbons (Fsp3) is 0.0588. The van der Waals surface area contributed by atoms with E-state index in [1.54, 1.807) is 12.1 Å². The number of fused-ring (bicyclic) bond motifs is 1. The second kappa shape index (κ2) is 6.36. The first-order chi connectivity index (χ1) is 12.5. The van der Waals surface area contributed by atoms with Crippen LogP contribution in [-0.4, -0.2) is 15.4 Å². The number of hydrogen-bond acceptors (Lipinski definition) is 6. The highest BCUT2D eigenvalue weighted by molar-refractivity contribution is 7.73. The molecule has 1 aliphatic rings. The third-order valence-electron chi connectivity index (χ3n) is 4.02. The van der Waals surface area contributed by atoms with Crippen LogP contribution in [0.2, 0.25) is 0 Å². The number of non-ortho nitro benzene ring substituents is 1. The Morgan fingerprint density at radius 2 is 1.77 bits per heavy atom. The number of amides is 1. The minimum Gasteiger partial charge on any atom is -0.346 e. The van der Waals surface area contributed by atoms with Gasteiger partial charge in [-0.15, -0.1) is 0 Å². The number of nitrogens with one attached hydrogen (secondary N) is 2. The molecule has 1 aromatic heterocycles. The van der Waals surface area contributed by atoms with Crippen LogP contribution in [0.25, 0.3) is 5.69 Å². The molecule has 1 atom stereocenters. The van der Waals surface area contributed by atoms with Crippen molar-refractivity contribution < 1.29 is 9.72 Å². The SMILES string of the molecule is O=C1N[C@H](c2ccc([N+](=O)[O-])cc2)Nc2c1sc(=S)n2-c1ccccc1. The van der Waals surface area contributed by atoms with E-state index in [4.69, 9.17) is 12.2 Å². The number of thiazole rings is 1. The van der Waals surface area contributed by atoms with Crippen LogP contribution in [0.5, 0.6) is 0 Å². The van der Waals surface area contributed by atoms with Crippen molar-refractivity contribution in [1.29, 1.82) is 0 Å². The molecule has 0 bridgehead atoms. The van der Waals surface area contributed by atoms with Crippen LogP contribution in [0.4, 0.5) is 11.5 Å². The Morgan fingerprint density at radius 3 is 2.42 bits per heavy atom. The Hall–Kier alpha value is -3.04. The number of nitro benzene ring substituents is 1. The van der Waals surface area contributed by atoms with E-state index in [-0.39, 0.29) is 11.6 Å². The molecule has 2 heterocycles. The molecule has 130 valence electrons. The summed E-state index contributed by atoms with van der Waals surface area (Å²) in [5.41, 5.74) is 1.57. The summed E-state index contributed by atoms with van der Waals surface area (Å²) in [4.78, 5) is 23.4. The van der Waals surface area contributed by atoms with Gasteiger partial charge >= 0.3 is 0 Å². The first-order valence-electron chi connectivity index (χ1n) is 7.67. The highest BCUT2D eigenvalue weighted by atomic mass is 32.1. The molecule has 9 heteroatoms. The van der Waals surface area contributed by atoms with Crippen molar-refractivity contribution in [3.05, 3.63) is 79.1 Å². The number of carbonyl (C=O) groups is 1. The second-order valence-corrected chi connectivity index (χ2v) is 7.26. The molecule has 0 spiro atoms. The van der Waals surface area contributed by atoms with Gasteiger partial charge in [-0.3, -0.25) is 19.5 Å². The molecule has 3 aromatic rings. The summed E-state index contributed by atoms with van der Waals surface area (Å²) in [6.07, 6.45) is -0.505. The summed E-state index contributed by atoms with van der Waals surface area (Å²) in [5.74, 6) is 0.395. The zero-order valence-corrected chi connectivity index (χ0v) is 14.8. The van der Waals surface area contributed by atoms with Gasteiger partial charge in [0.25, 0.3) is 11.6 Å². The monoisotopic (exact) mass is 384 g/mol. The fourth-order valence-electron chi connectivity index (χ4n) is 2.79. The van der Waals surface area contributed by atoms with E-state index in [0.29, 0.717) is 20.2 Å². The molecule has 0 fully saturated rings. The normalized spacial score (nSPS) is 15.7. The van der Waals surface area contributed by atoms with E-state index >= 15 is 0 Å². The average molecular weight is 384 g/mol. The topological polar surface area (TPSA) is 89.2 Å². The Bertz CT molecular complexity index is 1060. The second-order valence-electron chi connectivity index (χ2n) is 5.62. The van der Waals surface area contributed by atoms with Crippen molar-refractivity contribution in [2.75, 3.05) is 5.32 Å². The number of anilines is 1. The van der Waals surface area contributed by atoms with Gasteiger partial charge in [0, 0.05) is 17.8 Å². The molecular formula is C17H12N4O3S2. The van der Waals surface area contributed by atoms with Crippen molar-refractivity contribution >= 4 is 41.0 Å². The lowest BCUT2D eigenvalue weighted by Gasteiger charge is -2.27. The lowest BCUT2D eigenvalue weighted by atomic mass is 10.1. The van der Waals surface area contributed by atoms with Gasteiger partial charge in [-0.25, -0.2) is 0 Å². The van der Waals surface area contributed by atoms with E-state index in [2.05, 4.69) is 10.6 Å². The van der Waals surface area contributed by atoms with Crippen molar-refractivity contribution in [1.82, 2.24) is 9.88 Å². The van der Waals surface area contributed by atoms with Crippen molar-refractivity contribution in [3.8, 4) is 5.69 Å². The molecule has 1 aliphatic heterocycles. The summed E-state index contributed by atoms with van der Waals surface area (Å²) in [6.45, 7) is 0. The minimum atomic E-state index is -0.505. The summed E-state index contributed by atoms with van der Waals surface area (Å²) >= 11 is 6.68. The van der Waals surface area contributed by atoms with Crippen LogP contribution < -0.4 is 10.6 Å². The summed E-state index contributed by atoms with van der Waals surface area (Å²) in [5, 5.41) is 17.0. The van der Waals surface area contributed by atoms with E-state index in [1.165, 1.54) is 23.5 Å². The van der Waals surface area contributed by atoms with Crippen LogP contribution in [0.3, 0.4) is 0 Å². The maximum atomic E-state index is 12.5. The number of nitrogens with zero attached hydrogens (tertiary/aromatic N) is 2. The van der Waals surface area contributed by atoms with Gasteiger partial charge in [0.05, 0.1) is 4.92 Å². The summed E-state index contributed by atoms with van der Waals surface area (Å²) < 4.78 is 2.39. The predicted molar refractivity (Wildman–Crippen MR) is 101 cm³/mol. The number of nitro groups is 1. The highest BCUT2D eigenvalue weighted by Gasteiger charge is 2.30. The smallest absolute Gasteiger partial charge is 0.269 e. The third-order valence-corrected chi connectivity index (χ3v) is 5.40. The zero-order chi connectivity index (χ0) is 18.3. The molecule has 0 aliphatic carbocycles. The number of benzene rings is 2. The van der Waals surface area contributed by atoms with Crippen LogP contribution >= 0.6 is 23.6 Å². The molecule has 0 saturated heterocycles. The average Bonchev–Trinajstić information content (AvgIpc) is 2.99. The number of carbonyl (C=O) groups excluding carboxylic acids is 1. The molecule has 0 saturated carbocycles. The van der Waals surface area contributed by atoms with Gasteiger partial charge in [-0.05, 0) is 42.0 Å². The largest absolute Gasteiger partial charge is 0.346 e. The predicted octanol–water partition coefficient (Wildman–Crippen LogP) is 4.03. The lowest BCUT2D eigenvalue weighted by molar-refractivity contribution is -0.384. The quantitative estimate of drug-likeness (QED) is 0.404. The van der Waals surface area contributed by atoms with Crippen LogP contribution in [-0.2, 0) is 0 Å². The van der Waals surface area contributed by atoms with Gasteiger partial charge in [0.1, 0.15) is 16.9 Å². The summed E-state index contributed by atoms with van der Waals surface area (Å²) in [6, 6.07) is 15.6. The molecule has 1 amide bonds. The van der Waals surface area contributed by atoms with Crippen LogP contribution in [0.15, 0.2) is 54.6 Å². The standard InChI is InChI=1S/C17H12N4O3S2/c22-16-13-15(20(17(25)26-13)11-4-2-1-3-5-11)18-14(19-16)10-6-8-12(9-7-10)21(23)24/h1-9,14,18H,(H,19,22)/t14-/m1/s1. The van der Waals surface area contributed by atoms with Gasteiger partial charge in [-0.2, -0.15) is 0 Å².